The highest BCUT2D eigenvalue weighted by Crippen LogP contribution is 2.42. The van der Waals surface area contributed by atoms with Crippen LogP contribution in [0.1, 0.15) is 121 Å². The lowest BCUT2D eigenvalue weighted by molar-refractivity contribution is -0.120. The number of hydrogen-bond donors (Lipinski definition) is 1. The maximum absolute atomic E-state index is 13.8. The van der Waals surface area contributed by atoms with Gasteiger partial charge in [-0.25, -0.2) is 9.78 Å². The van der Waals surface area contributed by atoms with E-state index in [0.29, 0.717) is 6.42 Å². The van der Waals surface area contributed by atoms with Crippen molar-refractivity contribution in [2.75, 3.05) is 4.90 Å². The number of imidazole rings is 1. The number of benzene rings is 2. The van der Waals surface area contributed by atoms with Gasteiger partial charge in [0, 0.05) is 29.8 Å². The lowest BCUT2D eigenvalue weighted by Crippen LogP contribution is -2.42. The second-order valence-electron chi connectivity index (χ2n) is 15.4. The molecule has 9 heteroatoms. The molecule has 250 valence electrons. The van der Waals surface area contributed by atoms with Crippen LogP contribution in [-0.2, 0) is 14.9 Å². The van der Waals surface area contributed by atoms with Gasteiger partial charge in [-0.3, -0.25) is 4.79 Å². The SMILES string of the molecule is Cc1noc(C)c1-c1ccc2c(c1)nc([C@@H]1CCCC(=O)N1c1cccc(C(C)(C)C)c1)n2C1CCC(NC(=O)OC(C)(C)C)CC1. The Labute approximate surface area is 278 Å². The van der Waals surface area contributed by atoms with Crippen LogP contribution >= 0.6 is 0 Å². The van der Waals surface area contributed by atoms with E-state index in [4.69, 9.17) is 14.2 Å². The van der Waals surface area contributed by atoms with Crippen molar-refractivity contribution in [1.82, 2.24) is 20.0 Å². The Morgan fingerprint density at radius 2 is 1.72 bits per heavy atom. The van der Waals surface area contributed by atoms with Crippen molar-refractivity contribution in [2.24, 2.45) is 0 Å². The van der Waals surface area contributed by atoms with Gasteiger partial charge in [-0.05, 0) is 114 Å². The molecule has 0 radical (unpaired) electrons. The van der Waals surface area contributed by atoms with E-state index >= 15 is 0 Å². The van der Waals surface area contributed by atoms with Crippen molar-refractivity contribution in [3.8, 4) is 11.1 Å². The van der Waals surface area contributed by atoms with Gasteiger partial charge in [0.1, 0.15) is 17.2 Å². The molecule has 6 rings (SSSR count). The normalized spacial score (nSPS) is 20.9. The maximum Gasteiger partial charge on any atom is 0.407 e. The Balaban J connectivity index is 1.40. The van der Waals surface area contributed by atoms with Gasteiger partial charge < -0.3 is 24.0 Å². The summed E-state index contributed by atoms with van der Waals surface area (Å²) in [7, 11) is 0. The average molecular weight is 640 g/mol. The number of nitrogens with one attached hydrogen (secondary N) is 1. The third kappa shape index (κ3) is 6.81. The van der Waals surface area contributed by atoms with Crippen molar-refractivity contribution in [3.05, 3.63) is 65.3 Å². The number of ether oxygens (including phenoxy) is 1. The second kappa shape index (κ2) is 12.5. The molecular weight excluding hydrogens is 590 g/mol. The number of fused-ring (bicyclic) bond motifs is 1. The molecule has 1 aliphatic heterocycles. The van der Waals surface area contributed by atoms with Crippen LogP contribution in [0.2, 0.25) is 0 Å². The maximum atomic E-state index is 13.8. The predicted octanol–water partition coefficient (Wildman–Crippen LogP) is 8.87. The fourth-order valence-electron chi connectivity index (χ4n) is 7.30. The molecule has 47 heavy (non-hydrogen) atoms. The Bertz CT molecular complexity index is 1760. The number of amides is 2. The number of alkyl carbamates (subject to hydrolysis) is 1. The first-order chi connectivity index (χ1) is 22.2. The van der Waals surface area contributed by atoms with Gasteiger partial charge in [0.2, 0.25) is 5.91 Å². The molecule has 4 aromatic rings. The number of carbonyl (C=O) groups excluding carboxylic acids is 2. The Kier molecular flexibility index (Phi) is 8.70. The molecule has 3 heterocycles. The fourth-order valence-corrected chi connectivity index (χ4v) is 7.30. The minimum absolute atomic E-state index is 0.0436. The van der Waals surface area contributed by atoms with Crippen molar-refractivity contribution >= 4 is 28.7 Å². The van der Waals surface area contributed by atoms with E-state index < -0.39 is 5.60 Å². The van der Waals surface area contributed by atoms with Crippen molar-refractivity contribution < 1.29 is 18.8 Å². The zero-order chi connectivity index (χ0) is 33.7. The number of anilines is 1. The number of rotatable bonds is 5. The topological polar surface area (TPSA) is 102 Å². The molecule has 9 nitrogen and oxygen atoms in total. The monoisotopic (exact) mass is 639 g/mol. The Hall–Kier alpha value is -4.14. The van der Waals surface area contributed by atoms with E-state index in [1.54, 1.807) is 0 Å². The van der Waals surface area contributed by atoms with E-state index in [1.807, 2.05) is 39.5 Å². The van der Waals surface area contributed by atoms with Crippen LogP contribution in [-0.4, -0.2) is 38.4 Å². The van der Waals surface area contributed by atoms with Gasteiger partial charge in [0.25, 0.3) is 0 Å². The zero-order valence-electron chi connectivity index (χ0n) is 29.1. The molecule has 2 aromatic carbocycles. The molecule has 2 aromatic heterocycles. The molecule has 0 spiro atoms. The van der Waals surface area contributed by atoms with Gasteiger partial charge >= 0.3 is 6.09 Å². The molecule has 1 aliphatic carbocycles. The van der Waals surface area contributed by atoms with E-state index in [-0.39, 0.29) is 35.5 Å². The van der Waals surface area contributed by atoms with Crippen LogP contribution in [0.25, 0.3) is 22.2 Å². The standard InChI is InChI=1S/C38H49N5O4/c1-23-34(24(2)47-41-23)25-15-20-31-30(21-25)40-35(43(31)28-18-16-27(17-19-28)39-36(45)46-38(6,7)8)32-13-10-14-33(44)42(32)29-12-9-11-26(22-29)37(3,4)5/h9,11-12,15,20-22,27-28,32H,10,13-14,16-19H2,1-8H3,(H,39,45)/t27?,28?,32-/m0/s1. The third-order valence-corrected chi connectivity index (χ3v) is 9.56. The number of piperidine rings is 1. The van der Waals surface area contributed by atoms with E-state index in [2.05, 4.69) is 78.3 Å². The highest BCUT2D eigenvalue weighted by molar-refractivity contribution is 5.95. The van der Waals surface area contributed by atoms with Crippen LogP contribution in [0.5, 0.6) is 0 Å². The van der Waals surface area contributed by atoms with Crippen LogP contribution in [0, 0.1) is 13.8 Å². The molecule has 2 amide bonds. The lowest BCUT2D eigenvalue weighted by Gasteiger charge is -2.38. The summed E-state index contributed by atoms with van der Waals surface area (Å²) in [5, 5.41) is 7.27. The fraction of sp³-hybridized carbons (Fsp3) is 0.526. The second-order valence-corrected chi connectivity index (χ2v) is 15.4. The number of nitrogens with zero attached hydrogens (tertiary/aromatic N) is 4. The summed E-state index contributed by atoms with van der Waals surface area (Å²) in [4.78, 5) is 33.7. The predicted molar refractivity (Wildman–Crippen MR) is 185 cm³/mol. The summed E-state index contributed by atoms with van der Waals surface area (Å²) < 4.78 is 13.4. The molecule has 1 N–H and O–H groups in total. The van der Waals surface area contributed by atoms with Gasteiger partial charge in [-0.15, -0.1) is 0 Å². The van der Waals surface area contributed by atoms with E-state index in [0.717, 1.165) is 83.7 Å². The first-order valence-electron chi connectivity index (χ1n) is 17.1. The van der Waals surface area contributed by atoms with Crippen LogP contribution in [0.4, 0.5) is 10.5 Å². The van der Waals surface area contributed by atoms with Crippen LogP contribution in [0.15, 0.2) is 47.0 Å². The molecule has 2 aliphatic rings. The summed E-state index contributed by atoms with van der Waals surface area (Å²) in [5.41, 5.74) is 6.35. The summed E-state index contributed by atoms with van der Waals surface area (Å²) in [6.45, 7) is 16.1. The van der Waals surface area contributed by atoms with E-state index in [9.17, 15) is 9.59 Å². The number of aromatic nitrogens is 3. The van der Waals surface area contributed by atoms with Crippen molar-refractivity contribution in [1.29, 1.82) is 0 Å². The Morgan fingerprint density at radius 1 is 0.979 bits per heavy atom. The molecule has 1 saturated heterocycles. The third-order valence-electron chi connectivity index (χ3n) is 9.56. The Morgan fingerprint density at radius 3 is 2.38 bits per heavy atom. The van der Waals surface area contributed by atoms with Crippen LogP contribution in [0.3, 0.4) is 0 Å². The van der Waals surface area contributed by atoms with Crippen molar-refractivity contribution in [2.45, 2.75) is 129 Å². The smallest absolute Gasteiger partial charge is 0.407 e. The summed E-state index contributed by atoms with van der Waals surface area (Å²) in [5.74, 6) is 1.83. The summed E-state index contributed by atoms with van der Waals surface area (Å²) in [6.07, 6.45) is 5.24. The largest absolute Gasteiger partial charge is 0.444 e. The highest BCUT2D eigenvalue weighted by atomic mass is 16.6. The minimum atomic E-state index is -0.538. The minimum Gasteiger partial charge on any atom is -0.444 e. The number of hydrogen-bond acceptors (Lipinski definition) is 6. The highest BCUT2D eigenvalue weighted by Gasteiger charge is 2.37. The molecular formula is C38H49N5O4. The zero-order valence-corrected chi connectivity index (χ0v) is 29.1. The number of carbonyl (C=O) groups is 2. The number of aryl methyl sites for hydroxylation is 2. The molecule has 1 atom stereocenters. The molecule has 1 saturated carbocycles. The molecule has 2 fully saturated rings. The summed E-state index contributed by atoms with van der Waals surface area (Å²) in [6, 6.07) is 14.9. The lowest BCUT2D eigenvalue weighted by atomic mass is 9.86. The molecule has 0 bridgehead atoms. The van der Waals surface area contributed by atoms with Gasteiger partial charge in [-0.2, -0.15) is 0 Å². The van der Waals surface area contributed by atoms with Crippen LogP contribution < -0.4 is 10.2 Å². The first kappa shape index (κ1) is 32.8. The quantitative estimate of drug-likeness (QED) is 0.234. The van der Waals surface area contributed by atoms with Crippen molar-refractivity contribution in [3.63, 3.8) is 0 Å². The molecule has 0 unspecified atom stereocenters. The van der Waals surface area contributed by atoms with Gasteiger partial charge in [-0.1, -0.05) is 44.1 Å². The van der Waals surface area contributed by atoms with Gasteiger partial charge in [0.15, 0.2) is 0 Å². The summed E-state index contributed by atoms with van der Waals surface area (Å²) >= 11 is 0. The first-order valence-corrected chi connectivity index (χ1v) is 17.1. The average Bonchev–Trinajstić information content (AvgIpc) is 3.54. The van der Waals surface area contributed by atoms with Gasteiger partial charge in [0.05, 0.1) is 22.8 Å². The van der Waals surface area contributed by atoms with E-state index in [1.165, 1.54) is 5.56 Å².